The van der Waals surface area contributed by atoms with Crippen LogP contribution in [0.15, 0.2) is 16.9 Å². The molecule has 0 aliphatic heterocycles. The lowest BCUT2D eigenvalue weighted by Crippen LogP contribution is -2.29. The summed E-state index contributed by atoms with van der Waals surface area (Å²) in [6, 6.07) is 0. The summed E-state index contributed by atoms with van der Waals surface area (Å²) in [7, 11) is 0. The van der Waals surface area contributed by atoms with Crippen LogP contribution in [0.25, 0.3) is 0 Å². The Kier molecular flexibility index (Phi) is 6.21. The van der Waals surface area contributed by atoms with Gasteiger partial charge in [0.25, 0.3) is 0 Å². The predicted molar refractivity (Wildman–Crippen MR) is 68.6 cm³/mol. The fourth-order valence-electron chi connectivity index (χ4n) is 1.25. The lowest BCUT2D eigenvalue weighted by atomic mass is 10.4. The van der Waals surface area contributed by atoms with Crippen molar-refractivity contribution in [1.82, 2.24) is 15.1 Å². The molecule has 6 heteroatoms. The maximum absolute atomic E-state index is 11.5. The van der Waals surface area contributed by atoms with Crippen molar-refractivity contribution in [2.75, 3.05) is 13.2 Å². The van der Waals surface area contributed by atoms with Gasteiger partial charge < -0.3 is 10.1 Å². The summed E-state index contributed by atoms with van der Waals surface area (Å²) in [5, 5.41) is 6.83. The smallest absolute Gasteiger partial charge is 0.241 e. The first-order chi connectivity index (χ1) is 8.08. The molecule has 1 aromatic rings. The molecule has 5 nitrogen and oxygen atoms in total. The van der Waals surface area contributed by atoms with E-state index in [-0.39, 0.29) is 18.6 Å². The summed E-state index contributed by atoms with van der Waals surface area (Å²) in [6.07, 6.45) is 4.49. The molecule has 0 atom stereocenters. The van der Waals surface area contributed by atoms with Crippen LogP contribution in [0, 0.1) is 0 Å². The van der Waals surface area contributed by atoms with Crippen LogP contribution in [0.5, 0.6) is 0 Å². The van der Waals surface area contributed by atoms with Crippen LogP contribution in [0.1, 0.15) is 20.3 Å². The van der Waals surface area contributed by atoms with Crippen LogP contribution in [0.4, 0.5) is 0 Å². The third-order valence-corrected chi connectivity index (χ3v) is 2.41. The first-order valence-electron chi connectivity index (χ1n) is 5.64. The molecule has 0 aliphatic rings. The molecule has 0 saturated heterocycles. The lowest BCUT2D eigenvalue weighted by Gasteiger charge is -2.08. The van der Waals surface area contributed by atoms with Crippen molar-refractivity contribution in [3.8, 4) is 0 Å². The molecule has 0 unspecified atom stereocenters. The van der Waals surface area contributed by atoms with E-state index in [1.54, 1.807) is 17.1 Å². The zero-order chi connectivity index (χ0) is 12.7. The van der Waals surface area contributed by atoms with Crippen LogP contribution in [0.2, 0.25) is 0 Å². The summed E-state index contributed by atoms with van der Waals surface area (Å²) in [6.45, 7) is 5.54. The molecule has 1 aromatic heterocycles. The third kappa shape index (κ3) is 6.43. The van der Waals surface area contributed by atoms with Gasteiger partial charge in [0.05, 0.1) is 16.8 Å². The highest BCUT2D eigenvalue weighted by molar-refractivity contribution is 9.10. The Morgan fingerprint density at radius 3 is 3.00 bits per heavy atom. The van der Waals surface area contributed by atoms with E-state index in [0.29, 0.717) is 13.2 Å². The lowest BCUT2D eigenvalue weighted by molar-refractivity contribution is -0.121. The maximum Gasteiger partial charge on any atom is 0.241 e. The molecule has 17 heavy (non-hydrogen) atoms. The molecular formula is C11H18BrN3O2. The topological polar surface area (TPSA) is 56.1 Å². The largest absolute Gasteiger partial charge is 0.379 e. The van der Waals surface area contributed by atoms with E-state index in [2.05, 4.69) is 26.3 Å². The second kappa shape index (κ2) is 7.45. The number of carbonyl (C=O) groups excluding carboxylic acids is 1. The van der Waals surface area contributed by atoms with E-state index < -0.39 is 0 Å². The van der Waals surface area contributed by atoms with Gasteiger partial charge in [-0.15, -0.1) is 0 Å². The van der Waals surface area contributed by atoms with Crippen molar-refractivity contribution in [3.05, 3.63) is 16.9 Å². The van der Waals surface area contributed by atoms with Gasteiger partial charge in [0.2, 0.25) is 5.91 Å². The normalized spacial score (nSPS) is 10.8. The highest BCUT2D eigenvalue weighted by Gasteiger charge is 2.03. The summed E-state index contributed by atoms with van der Waals surface area (Å²) in [5.74, 6) is -0.0369. The van der Waals surface area contributed by atoms with Gasteiger partial charge in [-0.1, -0.05) is 0 Å². The van der Waals surface area contributed by atoms with Crippen LogP contribution >= 0.6 is 15.9 Å². The van der Waals surface area contributed by atoms with Crippen molar-refractivity contribution in [3.63, 3.8) is 0 Å². The Labute approximate surface area is 110 Å². The highest BCUT2D eigenvalue weighted by atomic mass is 79.9. The minimum atomic E-state index is -0.0369. The molecule has 0 aliphatic carbocycles. The van der Waals surface area contributed by atoms with Crippen molar-refractivity contribution < 1.29 is 9.53 Å². The Bertz CT molecular complexity index is 352. The fraction of sp³-hybridized carbons (Fsp3) is 0.636. The number of nitrogens with zero attached hydrogens (tertiary/aromatic N) is 2. The van der Waals surface area contributed by atoms with E-state index in [4.69, 9.17) is 4.74 Å². The molecule has 96 valence electrons. The van der Waals surface area contributed by atoms with Crippen molar-refractivity contribution in [2.45, 2.75) is 32.9 Å². The van der Waals surface area contributed by atoms with E-state index >= 15 is 0 Å². The second-order valence-corrected chi connectivity index (χ2v) is 4.89. The zero-order valence-electron chi connectivity index (χ0n) is 10.1. The number of ether oxygens (including phenoxy) is 1. The SMILES string of the molecule is CC(C)OCCCNC(=O)Cn1cc(Br)cn1. The summed E-state index contributed by atoms with van der Waals surface area (Å²) < 4.78 is 7.83. The molecule has 0 bridgehead atoms. The van der Waals surface area contributed by atoms with Crippen molar-refractivity contribution >= 4 is 21.8 Å². The van der Waals surface area contributed by atoms with Crippen molar-refractivity contribution in [2.24, 2.45) is 0 Å². The Morgan fingerprint density at radius 2 is 2.41 bits per heavy atom. The van der Waals surface area contributed by atoms with Gasteiger partial charge in [0, 0.05) is 19.3 Å². The zero-order valence-corrected chi connectivity index (χ0v) is 11.7. The Balaban J connectivity index is 2.09. The quantitative estimate of drug-likeness (QED) is 0.778. The molecule has 0 aromatic carbocycles. The van der Waals surface area contributed by atoms with Gasteiger partial charge >= 0.3 is 0 Å². The number of rotatable bonds is 7. The van der Waals surface area contributed by atoms with Crippen LogP contribution in [0.3, 0.4) is 0 Å². The molecule has 0 fully saturated rings. The van der Waals surface area contributed by atoms with Gasteiger partial charge in [-0.3, -0.25) is 9.48 Å². The fourth-order valence-corrected chi connectivity index (χ4v) is 1.57. The first kappa shape index (κ1) is 14.2. The number of carbonyl (C=O) groups is 1. The average Bonchev–Trinajstić information content (AvgIpc) is 2.63. The summed E-state index contributed by atoms with van der Waals surface area (Å²) in [5.41, 5.74) is 0. The Morgan fingerprint density at radius 1 is 1.65 bits per heavy atom. The van der Waals surface area contributed by atoms with Gasteiger partial charge in [-0.05, 0) is 36.2 Å². The van der Waals surface area contributed by atoms with Crippen molar-refractivity contribution in [1.29, 1.82) is 0 Å². The van der Waals surface area contributed by atoms with Gasteiger partial charge in [0.1, 0.15) is 6.54 Å². The minimum Gasteiger partial charge on any atom is -0.379 e. The van der Waals surface area contributed by atoms with Gasteiger partial charge in [-0.2, -0.15) is 5.10 Å². The molecule has 1 amide bonds. The number of hydrogen-bond acceptors (Lipinski definition) is 3. The summed E-state index contributed by atoms with van der Waals surface area (Å²) in [4.78, 5) is 11.5. The van der Waals surface area contributed by atoms with Gasteiger partial charge in [-0.25, -0.2) is 0 Å². The standard InChI is InChI=1S/C11H18BrN3O2/c1-9(2)17-5-3-4-13-11(16)8-15-7-10(12)6-14-15/h6-7,9H,3-5,8H2,1-2H3,(H,13,16). The number of hydrogen-bond donors (Lipinski definition) is 1. The molecule has 0 saturated carbocycles. The van der Waals surface area contributed by atoms with E-state index in [0.717, 1.165) is 10.9 Å². The number of nitrogens with one attached hydrogen (secondary N) is 1. The Hall–Kier alpha value is -0.880. The number of aromatic nitrogens is 2. The van der Waals surface area contributed by atoms with Crippen LogP contribution in [-0.2, 0) is 16.1 Å². The molecule has 1 heterocycles. The highest BCUT2D eigenvalue weighted by Crippen LogP contribution is 2.05. The molecular weight excluding hydrogens is 286 g/mol. The predicted octanol–water partition coefficient (Wildman–Crippen LogP) is 1.58. The minimum absolute atomic E-state index is 0.0369. The average molecular weight is 304 g/mol. The molecule has 1 N–H and O–H groups in total. The van der Waals surface area contributed by atoms with Gasteiger partial charge in [0.15, 0.2) is 0 Å². The number of amides is 1. The van der Waals surface area contributed by atoms with Crippen LogP contribution < -0.4 is 5.32 Å². The molecule has 1 rings (SSSR count). The summed E-state index contributed by atoms with van der Waals surface area (Å²) >= 11 is 3.28. The molecule has 0 radical (unpaired) electrons. The first-order valence-corrected chi connectivity index (χ1v) is 6.43. The van der Waals surface area contributed by atoms with E-state index in [1.165, 1.54) is 0 Å². The van der Waals surface area contributed by atoms with E-state index in [1.807, 2.05) is 13.8 Å². The monoisotopic (exact) mass is 303 g/mol. The van der Waals surface area contributed by atoms with E-state index in [9.17, 15) is 4.79 Å². The number of halogens is 1. The second-order valence-electron chi connectivity index (χ2n) is 3.98. The van der Waals surface area contributed by atoms with Crippen LogP contribution in [-0.4, -0.2) is 34.9 Å². The third-order valence-electron chi connectivity index (χ3n) is 2.00. The molecule has 0 spiro atoms. The maximum atomic E-state index is 11.5.